The summed E-state index contributed by atoms with van der Waals surface area (Å²) in [6.07, 6.45) is 3.26. The second-order valence-electron chi connectivity index (χ2n) is 5.91. The van der Waals surface area contributed by atoms with Crippen molar-refractivity contribution in [3.63, 3.8) is 0 Å². The van der Waals surface area contributed by atoms with E-state index in [9.17, 15) is 8.42 Å². The lowest BCUT2D eigenvalue weighted by Crippen LogP contribution is -2.22. The first-order valence-corrected chi connectivity index (χ1v) is 10.5. The van der Waals surface area contributed by atoms with E-state index in [0.717, 1.165) is 5.56 Å². The van der Waals surface area contributed by atoms with E-state index in [4.69, 9.17) is 23.8 Å². The van der Waals surface area contributed by atoms with Gasteiger partial charge in [0, 0.05) is 6.20 Å². The van der Waals surface area contributed by atoms with Gasteiger partial charge in [-0.25, -0.2) is 8.42 Å². The zero-order valence-electron chi connectivity index (χ0n) is 14.8. The molecule has 2 aromatic carbocycles. The molecule has 1 aromatic heterocycles. The van der Waals surface area contributed by atoms with Gasteiger partial charge in [0.25, 0.3) is 10.0 Å². The maximum Gasteiger partial charge on any atom is 0.264 e. The number of thiocarbonyl (C=S) groups is 1. The summed E-state index contributed by atoms with van der Waals surface area (Å²) < 4.78 is 28.5. The molecule has 0 atom stereocenters. The fraction of sp³-hybridized carbons (Fsp3) is 0.0526. The number of rotatable bonds is 5. The predicted molar refractivity (Wildman–Crippen MR) is 118 cm³/mol. The summed E-state index contributed by atoms with van der Waals surface area (Å²) in [5.74, 6) is 0. The number of pyridine rings is 1. The minimum Gasteiger partial charge on any atom is -0.331 e. The average Bonchev–Trinajstić information content (AvgIpc) is 2.65. The first-order valence-electron chi connectivity index (χ1n) is 8.21. The molecule has 28 heavy (non-hydrogen) atoms. The van der Waals surface area contributed by atoms with E-state index in [0.29, 0.717) is 22.1 Å². The van der Waals surface area contributed by atoms with Gasteiger partial charge in [-0.1, -0.05) is 29.8 Å². The molecule has 1 heterocycles. The van der Waals surface area contributed by atoms with Gasteiger partial charge in [0.1, 0.15) is 4.90 Å². The fourth-order valence-corrected chi connectivity index (χ4v) is 4.21. The van der Waals surface area contributed by atoms with Gasteiger partial charge in [-0.3, -0.25) is 9.71 Å². The minimum atomic E-state index is -3.90. The number of hydrogen-bond acceptors (Lipinski definition) is 4. The number of hydrogen-bond donors (Lipinski definition) is 3. The highest BCUT2D eigenvalue weighted by Gasteiger charge is 2.20. The Hall–Kier alpha value is -2.68. The summed E-state index contributed by atoms with van der Waals surface area (Å²) in [6.45, 7) is 1.81. The number of anilines is 3. The van der Waals surface area contributed by atoms with Crippen molar-refractivity contribution in [1.82, 2.24) is 4.98 Å². The second-order valence-corrected chi connectivity index (χ2v) is 8.37. The number of aryl methyl sites for hydroxylation is 1. The van der Waals surface area contributed by atoms with Crippen LogP contribution in [0.25, 0.3) is 0 Å². The summed E-state index contributed by atoms with van der Waals surface area (Å²) in [6, 6.07) is 15.2. The maximum atomic E-state index is 13.0. The third-order valence-corrected chi connectivity index (χ3v) is 5.65. The number of nitrogens with zero attached hydrogens (tertiary/aromatic N) is 1. The van der Waals surface area contributed by atoms with E-state index in [1.165, 1.54) is 0 Å². The van der Waals surface area contributed by atoms with Crippen LogP contribution in [0.3, 0.4) is 0 Å². The maximum absolute atomic E-state index is 13.0. The largest absolute Gasteiger partial charge is 0.331 e. The van der Waals surface area contributed by atoms with E-state index in [-0.39, 0.29) is 10.0 Å². The Balaban J connectivity index is 1.88. The molecule has 0 saturated carbocycles. The molecule has 0 bridgehead atoms. The van der Waals surface area contributed by atoms with Crippen LogP contribution in [0.2, 0.25) is 5.02 Å². The molecule has 0 radical (unpaired) electrons. The highest BCUT2D eigenvalue weighted by Crippen LogP contribution is 2.28. The molecule has 0 fully saturated rings. The normalized spacial score (nSPS) is 10.9. The van der Waals surface area contributed by atoms with Crippen molar-refractivity contribution in [1.29, 1.82) is 0 Å². The van der Waals surface area contributed by atoms with Gasteiger partial charge in [-0.15, -0.1) is 0 Å². The third-order valence-electron chi connectivity index (χ3n) is 3.71. The molecule has 0 spiro atoms. The standard InChI is InChI=1S/C19H17ClN4O2S2/c1-13-8-9-17(23-19(27)22-14-5-4-10-21-12-14)18(11-13)28(25,26)24-16-7-3-2-6-15(16)20/h2-12,24H,1H3,(H2,22,23,27). The predicted octanol–water partition coefficient (Wildman–Crippen LogP) is 4.65. The van der Waals surface area contributed by atoms with E-state index < -0.39 is 10.0 Å². The number of sulfonamides is 1. The Morgan fingerprint density at radius 3 is 2.54 bits per heavy atom. The van der Waals surface area contributed by atoms with Crippen LogP contribution >= 0.6 is 23.8 Å². The van der Waals surface area contributed by atoms with E-state index in [1.54, 1.807) is 67.0 Å². The third kappa shape index (κ3) is 4.98. The minimum absolute atomic E-state index is 0.0581. The van der Waals surface area contributed by atoms with Crippen molar-refractivity contribution in [3.8, 4) is 0 Å². The van der Waals surface area contributed by atoms with Crippen molar-refractivity contribution in [2.24, 2.45) is 0 Å². The van der Waals surface area contributed by atoms with Crippen LogP contribution in [-0.2, 0) is 10.0 Å². The molecular formula is C19H17ClN4O2S2. The summed E-state index contributed by atoms with van der Waals surface area (Å²) in [7, 11) is -3.90. The molecule has 0 aliphatic carbocycles. The van der Waals surface area contributed by atoms with Gasteiger partial charge >= 0.3 is 0 Å². The molecule has 0 saturated heterocycles. The number of para-hydroxylation sites is 1. The molecule has 0 aliphatic rings. The summed E-state index contributed by atoms with van der Waals surface area (Å²) in [5, 5.41) is 6.45. The number of halogens is 1. The van der Waals surface area contributed by atoms with Crippen LogP contribution in [0, 0.1) is 6.92 Å². The topological polar surface area (TPSA) is 83.1 Å². The first-order chi connectivity index (χ1) is 13.3. The quantitative estimate of drug-likeness (QED) is 0.509. The Kier molecular flexibility index (Phi) is 6.13. The second kappa shape index (κ2) is 8.55. The number of nitrogens with one attached hydrogen (secondary N) is 3. The van der Waals surface area contributed by atoms with Crippen LogP contribution in [0.4, 0.5) is 17.1 Å². The van der Waals surface area contributed by atoms with Gasteiger partial charge in [0.15, 0.2) is 5.11 Å². The van der Waals surface area contributed by atoms with E-state index >= 15 is 0 Å². The highest BCUT2D eigenvalue weighted by atomic mass is 35.5. The molecule has 9 heteroatoms. The van der Waals surface area contributed by atoms with Gasteiger partial charge in [0.05, 0.1) is 28.3 Å². The van der Waals surface area contributed by atoms with Crippen LogP contribution in [0.1, 0.15) is 5.56 Å². The van der Waals surface area contributed by atoms with Crippen molar-refractivity contribution >= 4 is 56.0 Å². The van der Waals surface area contributed by atoms with Crippen LogP contribution in [0.15, 0.2) is 71.9 Å². The monoisotopic (exact) mass is 432 g/mol. The van der Waals surface area contributed by atoms with Crippen molar-refractivity contribution in [2.75, 3.05) is 15.4 Å². The van der Waals surface area contributed by atoms with Gasteiger partial charge in [-0.05, 0) is 61.1 Å². The van der Waals surface area contributed by atoms with Gasteiger partial charge < -0.3 is 10.6 Å². The zero-order valence-corrected chi connectivity index (χ0v) is 17.2. The van der Waals surface area contributed by atoms with Crippen LogP contribution in [0.5, 0.6) is 0 Å². The molecular weight excluding hydrogens is 416 g/mol. The molecule has 0 aliphatic heterocycles. The van der Waals surface area contributed by atoms with Crippen molar-refractivity contribution in [3.05, 3.63) is 77.6 Å². The van der Waals surface area contributed by atoms with Gasteiger partial charge in [-0.2, -0.15) is 0 Å². The molecule has 6 nitrogen and oxygen atoms in total. The lowest BCUT2D eigenvalue weighted by Gasteiger charge is -2.16. The Bertz CT molecular complexity index is 1110. The summed E-state index contributed by atoms with van der Waals surface area (Å²) in [5.41, 5.74) is 2.11. The Morgan fingerprint density at radius 1 is 1.04 bits per heavy atom. The SMILES string of the molecule is Cc1ccc(NC(=S)Nc2cccnc2)c(S(=O)(=O)Nc2ccccc2Cl)c1. The lowest BCUT2D eigenvalue weighted by atomic mass is 10.2. The molecule has 0 amide bonds. The van der Waals surface area contributed by atoms with E-state index in [2.05, 4.69) is 20.3 Å². The summed E-state index contributed by atoms with van der Waals surface area (Å²) >= 11 is 11.4. The first kappa shape index (κ1) is 20.1. The molecule has 144 valence electrons. The van der Waals surface area contributed by atoms with Crippen LogP contribution in [-0.4, -0.2) is 18.5 Å². The van der Waals surface area contributed by atoms with Crippen LogP contribution < -0.4 is 15.4 Å². The smallest absolute Gasteiger partial charge is 0.264 e. The number of aromatic nitrogens is 1. The fourth-order valence-electron chi connectivity index (χ4n) is 2.42. The van der Waals surface area contributed by atoms with Crippen molar-refractivity contribution in [2.45, 2.75) is 11.8 Å². The zero-order chi connectivity index (χ0) is 20.1. The average molecular weight is 433 g/mol. The Labute approximate surface area is 174 Å². The molecule has 3 aromatic rings. The Morgan fingerprint density at radius 2 is 1.82 bits per heavy atom. The van der Waals surface area contributed by atoms with Crippen molar-refractivity contribution < 1.29 is 8.42 Å². The number of benzene rings is 2. The molecule has 3 N–H and O–H groups in total. The molecule has 0 unspecified atom stereocenters. The van der Waals surface area contributed by atoms with E-state index in [1.807, 2.05) is 6.92 Å². The van der Waals surface area contributed by atoms with Gasteiger partial charge in [0.2, 0.25) is 0 Å². The lowest BCUT2D eigenvalue weighted by molar-refractivity contribution is 0.601. The highest BCUT2D eigenvalue weighted by molar-refractivity contribution is 7.93. The molecule has 3 rings (SSSR count). The summed E-state index contributed by atoms with van der Waals surface area (Å²) in [4.78, 5) is 4.06.